The van der Waals surface area contributed by atoms with E-state index < -0.39 is 10.0 Å². The van der Waals surface area contributed by atoms with E-state index in [2.05, 4.69) is 34.2 Å². The van der Waals surface area contributed by atoms with Gasteiger partial charge >= 0.3 is 0 Å². The van der Waals surface area contributed by atoms with Crippen molar-refractivity contribution in [1.82, 2.24) is 19.5 Å². The Morgan fingerprint density at radius 2 is 1.76 bits per heavy atom. The third-order valence-corrected chi connectivity index (χ3v) is 6.93. The second kappa shape index (κ2) is 9.43. The van der Waals surface area contributed by atoms with Crippen molar-refractivity contribution in [3.05, 3.63) is 54.1 Å². The highest BCUT2D eigenvalue weighted by Crippen LogP contribution is 2.21. The van der Waals surface area contributed by atoms with Crippen molar-refractivity contribution in [3.63, 3.8) is 0 Å². The number of aromatic nitrogens is 3. The summed E-state index contributed by atoms with van der Waals surface area (Å²) in [7, 11) is -0.415. The molecule has 3 rings (SSSR count). The average Bonchev–Trinajstić information content (AvgIpc) is 3.20. The molecule has 0 unspecified atom stereocenters. The lowest BCUT2D eigenvalue weighted by Crippen LogP contribution is -2.22. The number of benzene rings is 2. The average molecular weight is 433 g/mol. The van der Waals surface area contributed by atoms with Crippen molar-refractivity contribution >= 4 is 21.8 Å². The van der Waals surface area contributed by atoms with Crippen LogP contribution in [-0.2, 0) is 16.4 Å². The first-order valence-corrected chi connectivity index (χ1v) is 11.6. The summed E-state index contributed by atoms with van der Waals surface area (Å²) in [5, 5.41) is 7.86. The molecule has 7 nitrogen and oxygen atoms in total. The van der Waals surface area contributed by atoms with Gasteiger partial charge < -0.3 is 4.74 Å². The van der Waals surface area contributed by atoms with E-state index in [1.165, 1.54) is 35.7 Å². The molecule has 2 aromatic carbocycles. The molecule has 0 fully saturated rings. The quantitative estimate of drug-likeness (QED) is 0.412. The predicted octanol–water partition coefficient (Wildman–Crippen LogP) is 3.46. The first kappa shape index (κ1) is 21.4. The lowest BCUT2D eigenvalue weighted by atomic mass is 10.1. The molecule has 0 atom stereocenters. The summed E-state index contributed by atoms with van der Waals surface area (Å²) in [5.74, 6) is 2.04. The highest BCUT2D eigenvalue weighted by molar-refractivity contribution is 7.99. The summed E-state index contributed by atoms with van der Waals surface area (Å²) in [4.78, 5) is 4.75. The van der Waals surface area contributed by atoms with Gasteiger partial charge in [-0.2, -0.15) is 0 Å². The first-order chi connectivity index (χ1) is 13.9. The predicted molar refractivity (Wildman–Crippen MR) is 115 cm³/mol. The summed E-state index contributed by atoms with van der Waals surface area (Å²) in [6, 6.07) is 14.7. The van der Waals surface area contributed by atoms with Crippen molar-refractivity contribution < 1.29 is 13.2 Å². The fourth-order valence-corrected chi connectivity index (χ4v) is 4.07. The number of sulfonamides is 1. The summed E-state index contributed by atoms with van der Waals surface area (Å²) in [5.41, 5.74) is 2.29. The summed E-state index contributed by atoms with van der Waals surface area (Å²) >= 11 is 1.49. The number of H-pyrrole nitrogens is 1. The number of hydrogen-bond acceptors (Lipinski definition) is 6. The SMILES string of the molecule is CCc1ccc(-c2nc(SCCOc3ccc(S(=O)(=O)N(C)C)cc3)n[nH]2)cc1. The maximum Gasteiger partial charge on any atom is 0.242 e. The van der Waals surface area contributed by atoms with Crippen LogP contribution in [0.25, 0.3) is 11.4 Å². The number of thioether (sulfide) groups is 1. The molecule has 0 bridgehead atoms. The van der Waals surface area contributed by atoms with Crippen LogP contribution < -0.4 is 4.74 Å². The molecule has 1 aromatic heterocycles. The van der Waals surface area contributed by atoms with Crippen molar-refractivity contribution in [2.24, 2.45) is 0 Å². The molecule has 154 valence electrons. The van der Waals surface area contributed by atoms with Crippen LogP contribution in [-0.4, -0.2) is 54.4 Å². The van der Waals surface area contributed by atoms with E-state index in [9.17, 15) is 8.42 Å². The normalized spacial score (nSPS) is 11.7. The first-order valence-electron chi connectivity index (χ1n) is 9.20. The Balaban J connectivity index is 1.49. The smallest absolute Gasteiger partial charge is 0.242 e. The van der Waals surface area contributed by atoms with Gasteiger partial charge in [0.15, 0.2) is 5.82 Å². The molecule has 0 saturated heterocycles. The van der Waals surface area contributed by atoms with Crippen molar-refractivity contribution in [1.29, 1.82) is 0 Å². The zero-order chi connectivity index (χ0) is 20.9. The van der Waals surface area contributed by atoms with Crippen molar-refractivity contribution in [3.8, 4) is 17.1 Å². The number of rotatable bonds is 9. The van der Waals surface area contributed by atoms with Crippen LogP contribution in [0.3, 0.4) is 0 Å². The Morgan fingerprint density at radius 3 is 2.38 bits per heavy atom. The fourth-order valence-electron chi connectivity index (χ4n) is 2.55. The molecule has 3 aromatic rings. The van der Waals surface area contributed by atoms with E-state index in [-0.39, 0.29) is 4.90 Å². The number of hydrogen-bond donors (Lipinski definition) is 1. The maximum atomic E-state index is 12.1. The van der Waals surface area contributed by atoms with Gasteiger partial charge in [-0.3, -0.25) is 5.10 Å². The molecule has 0 radical (unpaired) electrons. The van der Waals surface area contributed by atoms with Crippen molar-refractivity contribution in [2.75, 3.05) is 26.5 Å². The minimum absolute atomic E-state index is 0.240. The molecular weight excluding hydrogens is 408 g/mol. The van der Waals surface area contributed by atoms with E-state index >= 15 is 0 Å². The van der Waals surface area contributed by atoms with E-state index in [4.69, 9.17) is 4.74 Å². The van der Waals surface area contributed by atoms with Gasteiger partial charge in [-0.15, -0.1) is 5.10 Å². The Kier molecular flexibility index (Phi) is 6.94. The van der Waals surface area contributed by atoms with Crippen LogP contribution in [0.5, 0.6) is 5.75 Å². The minimum Gasteiger partial charge on any atom is -0.493 e. The Bertz CT molecular complexity index is 1030. The zero-order valence-corrected chi connectivity index (χ0v) is 18.3. The Hall–Kier alpha value is -2.36. The fraction of sp³-hybridized carbons (Fsp3) is 0.300. The molecule has 0 aliphatic carbocycles. The standard InChI is InChI=1S/C20H24N4O3S2/c1-4-15-5-7-16(8-6-15)19-21-20(23-22-19)28-14-13-27-17-9-11-18(12-10-17)29(25,26)24(2)3/h5-12H,4,13-14H2,1-3H3,(H,21,22,23). The van der Waals surface area contributed by atoms with Gasteiger partial charge in [-0.1, -0.05) is 43.0 Å². The van der Waals surface area contributed by atoms with E-state index in [0.717, 1.165) is 17.8 Å². The van der Waals surface area contributed by atoms with Crippen molar-refractivity contribution in [2.45, 2.75) is 23.4 Å². The summed E-state index contributed by atoms with van der Waals surface area (Å²) < 4.78 is 31.0. The number of aromatic amines is 1. The molecule has 9 heteroatoms. The zero-order valence-electron chi connectivity index (χ0n) is 16.6. The van der Waals surface area contributed by atoms with Gasteiger partial charge in [0.2, 0.25) is 15.2 Å². The molecule has 1 heterocycles. The van der Waals surface area contributed by atoms with E-state index in [1.54, 1.807) is 24.3 Å². The minimum atomic E-state index is -3.43. The van der Waals surface area contributed by atoms with E-state index in [0.29, 0.717) is 23.3 Å². The number of nitrogens with zero attached hydrogens (tertiary/aromatic N) is 3. The largest absolute Gasteiger partial charge is 0.493 e. The van der Waals surface area contributed by atoms with Gasteiger partial charge in [0, 0.05) is 25.4 Å². The van der Waals surface area contributed by atoms with Crippen LogP contribution in [0.1, 0.15) is 12.5 Å². The van der Waals surface area contributed by atoms with Gasteiger partial charge in [-0.25, -0.2) is 17.7 Å². The highest BCUT2D eigenvalue weighted by atomic mass is 32.2. The molecule has 0 spiro atoms. The molecule has 0 saturated carbocycles. The third kappa shape index (κ3) is 5.37. The Labute approximate surface area is 175 Å². The number of ether oxygens (including phenoxy) is 1. The monoisotopic (exact) mass is 432 g/mol. The molecule has 1 N–H and O–H groups in total. The van der Waals surface area contributed by atoms with Gasteiger partial charge in [-0.05, 0) is 36.2 Å². The van der Waals surface area contributed by atoms with Crippen LogP contribution >= 0.6 is 11.8 Å². The molecular formula is C20H24N4O3S2. The maximum absolute atomic E-state index is 12.1. The van der Waals surface area contributed by atoms with Crippen LogP contribution in [0.15, 0.2) is 58.6 Å². The summed E-state index contributed by atoms with van der Waals surface area (Å²) in [6.07, 6.45) is 1.01. The second-order valence-electron chi connectivity index (χ2n) is 6.47. The third-order valence-electron chi connectivity index (χ3n) is 4.29. The Morgan fingerprint density at radius 1 is 1.07 bits per heavy atom. The topological polar surface area (TPSA) is 88.2 Å². The lowest BCUT2D eigenvalue weighted by molar-refractivity contribution is 0.343. The number of aryl methyl sites for hydroxylation is 1. The van der Waals surface area contributed by atoms with Gasteiger partial charge in [0.25, 0.3) is 0 Å². The van der Waals surface area contributed by atoms with Gasteiger partial charge in [0.05, 0.1) is 11.5 Å². The van der Waals surface area contributed by atoms with E-state index in [1.807, 2.05) is 12.1 Å². The van der Waals surface area contributed by atoms with Crippen LogP contribution in [0.4, 0.5) is 0 Å². The number of nitrogens with one attached hydrogen (secondary N) is 1. The lowest BCUT2D eigenvalue weighted by Gasteiger charge is -2.12. The molecule has 0 aliphatic rings. The van der Waals surface area contributed by atoms with Gasteiger partial charge in [0.1, 0.15) is 5.75 Å². The summed E-state index contributed by atoms with van der Waals surface area (Å²) in [6.45, 7) is 2.58. The molecule has 0 amide bonds. The highest BCUT2D eigenvalue weighted by Gasteiger charge is 2.16. The molecule has 29 heavy (non-hydrogen) atoms. The second-order valence-corrected chi connectivity index (χ2v) is 9.69. The molecule has 0 aliphatic heterocycles. The van der Waals surface area contributed by atoms with Crippen LogP contribution in [0.2, 0.25) is 0 Å². The van der Waals surface area contributed by atoms with Crippen LogP contribution in [0, 0.1) is 0 Å².